The van der Waals surface area contributed by atoms with Crippen molar-refractivity contribution in [1.29, 1.82) is 0 Å². The molecule has 1 aliphatic carbocycles. The predicted octanol–water partition coefficient (Wildman–Crippen LogP) is 2.67. The second-order valence-corrected chi connectivity index (χ2v) is 7.17. The number of methoxy groups -OCH3 is 1. The highest BCUT2D eigenvalue weighted by Crippen LogP contribution is 2.40. The first kappa shape index (κ1) is 14.7. The molecule has 0 bridgehead atoms. The Bertz CT molecular complexity index is 557. The maximum atomic E-state index is 11.3. The average molecular weight is 350 g/mol. The first-order chi connectivity index (χ1) is 8.89. The van der Waals surface area contributed by atoms with Crippen LogP contribution in [0, 0.1) is 5.92 Å². The molecule has 1 saturated carbocycles. The molecule has 0 amide bonds. The second kappa shape index (κ2) is 5.76. The molecule has 1 unspecified atom stereocenters. The van der Waals surface area contributed by atoms with Crippen molar-refractivity contribution < 1.29 is 17.3 Å². The van der Waals surface area contributed by atoms with Gasteiger partial charge in [0.05, 0.1) is 23.5 Å². The van der Waals surface area contributed by atoms with E-state index in [0.29, 0.717) is 23.8 Å². The summed E-state index contributed by atoms with van der Waals surface area (Å²) in [4.78, 5) is 4.24. The van der Waals surface area contributed by atoms with E-state index in [1.54, 1.807) is 19.4 Å². The van der Waals surface area contributed by atoms with Crippen LogP contribution in [-0.4, -0.2) is 26.8 Å². The molecule has 0 saturated heterocycles. The van der Waals surface area contributed by atoms with Crippen LogP contribution in [0.1, 0.15) is 31.1 Å². The van der Waals surface area contributed by atoms with Gasteiger partial charge in [0.2, 0.25) is 0 Å². The van der Waals surface area contributed by atoms with Crippen LogP contribution < -0.4 is 4.74 Å². The fourth-order valence-electron chi connectivity index (χ4n) is 1.84. The Kier molecular flexibility index (Phi) is 4.47. The monoisotopic (exact) mass is 349 g/mol. The van der Waals surface area contributed by atoms with Crippen LogP contribution in [0.3, 0.4) is 0 Å². The molecule has 1 aliphatic rings. The summed E-state index contributed by atoms with van der Waals surface area (Å²) in [6, 6.07) is 1.71. The highest BCUT2D eigenvalue weighted by molar-refractivity contribution is 9.10. The maximum Gasteiger partial charge on any atom is 0.265 e. The number of pyridine rings is 1. The lowest BCUT2D eigenvalue weighted by atomic mass is 10.1. The zero-order chi connectivity index (χ0) is 14.0. The quantitative estimate of drug-likeness (QED) is 0.738. The molecule has 106 valence electrons. The summed E-state index contributed by atoms with van der Waals surface area (Å²) in [5, 5.41) is 0. The van der Waals surface area contributed by atoms with Crippen LogP contribution >= 0.6 is 15.9 Å². The standard InChI is InChI=1S/C12H16BrNO4S/c1-17-11-6-10(14-7-9(11)13)12(5-8-3-4-8)18-19(2,15)16/h6-8,12H,3-5H2,1-2H3. The van der Waals surface area contributed by atoms with Crippen LogP contribution in [0.15, 0.2) is 16.7 Å². The van der Waals surface area contributed by atoms with Gasteiger partial charge in [0.15, 0.2) is 0 Å². The van der Waals surface area contributed by atoms with Gasteiger partial charge in [0.25, 0.3) is 10.1 Å². The average Bonchev–Trinajstić information content (AvgIpc) is 3.11. The van der Waals surface area contributed by atoms with E-state index in [2.05, 4.69) is 20.9 Å². The Morgan fingerprint density at radius 3 is 2.74 bits per heavy atom. The predicted molar refractivity (Wildman–Crippen MR) is 74.5 cm³/mol. The summed E-state index contributed by atoms with van der Waals surface area (Å²) in [5.74, 6) is 1.14. The van der Waals surface area contributed by atoms with E-state index >= 15 is 0 Å². The van der Waals surface area contributed by atoms with Gasteiger partial charge in [-0.25, -0.2) is 0 Å². The highest BCUT2D eigenvalue weighted by atomic mass is 79.9. The third-order valence-electron chi connectivity index (χ3n) is 2.93. The number of ether oxygens (including phenoxy) is 1. The first-order valence-corrected chi connectivity index (χ1v) is 8.57. The molecule has 2 rings (SSSR count). The molecule has 1 heterocycles. The second-order valence-electron chi connectivity index (χ2n) is 4.71. The Hall–Kier alpha value is -0.660. The molecule has 1 aromatic rings. The normalized spacial score (nSPS) is 17.2. The van der Waals surface area contributed by atoms with Gasteiger partial charge in [-0.3, -0.25) is 9.17 Å². The van der Waals surface area contributed by atoms with Crippen molar-refractivity contribution in [2.75, 3.05) is 13.4 Å². The lowest BCUT2D eigenvalue weighted by molar-refractivity contribution is 0.192. The van der Waals surface area contributed by atoms with Crippen LogP contribution in [0.4, 0.5) is 0 Å². The molecule has 0 aliphatic heterocycles. The molecule has 1 aromatic heterocycles. The summed E-state index contributed by atoms with van der Waals surface area (Å²) in [5.41, 5.74) is 0.581. The van der Waals surface area contributed by atoms with Crippen LogP contribution in [0.5, 0.6) is 5.75 Å². The number of aromatic nitrogens is 1. The summed E-state index contributed by atoms with van der Waals surface area (Å²) in [6.07, 6.45) is 5.03. The lowest BCUT2D eigenvalue weighted by Crippen LogP contribution is -2.13. The van der Waals surface area contributed by atoms with Crippen LogP contribution in [-0.2, 0) is 14.3 Å². The van der Waals surface area contributed by atoms with Crippen molar-refractivity contribution >= 4 is 26.0 Å². The van der Waals surface area contributed by atoms with Gasteiger partial charge in [-0.15, -0.1) is 0 Å². The zero-order valence-corrected chi connectivity index (χ0v) is 13.2. The SMILES string of the molecule is COc1cc(C(CC2CC2)OS(C)(=O)=O)ncc1Br. The van der Waals surface area contributed by atoms with E-state index in [0.717, 1.165) is 23.6 Å². The minimum absolute atomic E-state index is 0.531. The van der Waals surface area contributed by atoms with Crippen molar-refractivity contribution in [2.45, 2.75) is 25.4 Å². The fraction of sp³-hybridized carbons (Fsp3) is 0.583. The molecule has 7 heteroatoms. The molecule has 0 spiro atoms. The van der Waals surface area contributed by atoms with E-state index in [1.807, 2.05) is 0 Å². The summed E-state index contributed by atoms with van der Waals surface area (Å²) >= 11 is 3.32. The van der Waals surface area contributed by atoms with Gasteiger partial charge >= 0.3 is 0 Å². The Morgan fingerprint density at radius 2 is 2.21 bits per heavy atom. The molecule has 1 atom stereocenters. The van der Waals surface area contributed by atoms with Gasteiger partial charge in [0, 0.05) is 12.3 Å². The van der Waals surface area contributed by atoms with Crippen molar-refractivity contribution in [2.24, 2.45) is 5.92 Å². The molecule has 0 N–H and O–H groups in total. The Labute approximate surface area is 121 Å². The summed E-state index contributed by atoms with van der Waals surface area (Å²) in [7, 11) is -1.96. The van der Waals surface area contributed by atoms with Gasteiger partial charge in [-0.1, -0.05) is 12.8 Å². The lowest BCUT2D eigenvalue weighted by Gasteiger charge is -2.16. The molecule has 0 aromatic carbocycles. The summed E-state index contributed by atoms with van der Waals surface area (Å²) < 4.78 is 33.8. The topological polar surface area (TPSA) is 65.5 Å². The largest absolute Gasteiger partial charge is 0.495 e. The van der Waals surface area contributed by atoms with Crippen LogP contribution in [0.2, 0.25) is 0 Å². The van der Waals surface area contributed by atoms with Crippen molar-refractivity contribution in [3.8, 4) is 5.75 Å². The zero-order valence-electron chi connectivity index (χ0n) is 10.8. The summed E-state index contributed by atoms with van der Waals surface area (Å²) in [6.45, 7) is 0. The van der Waals surface area contributed by atoms with Crippen molar-refractivity contribution in [3.05, 3.63) is 22.4 Å². The smallest absolute Gasteiger partial charge is 0.265 e. The molecule has 5 nitrogen and oxygen atoms in total. The molecular weight excluding hydrogens is 334 g/mol. The van der Waals surface area contributed by atoms with Gasteiger partial charge < -0.3 is 4.74 Å². The maximum absolute atomic E-state index is 11.3. The number of halogens is 1. The van der Waals surface area contributed by atoms with E-state index < -0.39 is 16.2 Å². The molecule has 19 heavy (non-hydrogen) atoms. The fourth-order valence-corrected chi connectivity index (χ4v) is 2.82. The minimum Gasteiger partial charge on any atom is -0.495 e. The van der Waals surface area contributed by atoms with Gasteiger partial charge in [0.1, 0.15) is 11.9 Å². The molecule has 1 fully saturated rings. The minimum atomic E-state index is -3.51. The number of nitrogens with zero attached hydrogens (tertiary/aromatic N) is 1. The van der Waals surface area contributed by atoms with E-state index in [9.17, 15) is 8.42 Å². The number of hydrogen-bond acceptors (Lipinski definition) is 5. The van der Waals surface area contributed by atoms with Gasteiger partial charge in [-0.05, 0) is 28.3 Å². The van der Waals surface area contributed by atoms with E-state index in [4.69, 9.17) is 8.92 Å². The van der Waals surface area contributed by atoms with Gasteiger partial charge in [-0.2, -0.15) is 8.42 Å². The van der Waals surface area contributed by atoms with E-state index in [1.165, 1.54) is 0 Å². The number of hydrogen-bond donors (Lipinski definition) is 0. The van der Waals surface area contributed by atoms with Crippen molar-refractivity contribution in [1.82, 2.24) is 4.98 Å². The third kappa shape index (κ3) is 4.43. The molecular formula is C12H16BrNO4S. The number of rotatable bonds is 6. The first-order valence-electron chi connectivity index (χ1n) is 5.96. The Balaban J connectivity index is 2.25. The van der Waals surface area contributed by atoms with E-state index in [-0.39, 0.29) is 0 Å². The molecule has 0 radical (unpaired) electrons. The van der Waals surface area contributed by atoms with Crippen molar-refractivity contribution in [3.63, 3.8) is 0 Å². The van der Waals surface area contributed by atoms with Crippen LogP contribution in [0.25, 0.3) is 0 Å². The Morgan fingerprint density at radius 1 is 1.53 bits per heavy atom. The highest BCUT2D eigenvalue weighted by Gasteiger charge is 2.30. The third-order valence-corrected chi connectivity index (χ3v) is 4.10.